The van der Waals surface area contributed by atoms with Gasteiger partial charge in [-0.2, -0.15) is 0 Å². The van der Waals surface area contributed by atoms with Crippen molar-refractivity contribution in [2.75, 3.05) is 6.54 Å². The Hall–Kier alpha value is -0.0400. The third-order valence-corrected chi connectivity index (χ3v) is 6.37. The Morgan fingerprint density at radius 1 is 0.433 bits per heavy atom. The van der Waals surface area contributed by atoms with Crippen molar-refractivity contribution in [3.63, 3.8) is 0 Å². The average molecular weight is 424 g/mol. The molecule has 0 saturated heterocycles. The minimum atomic E-state index is 0.228. The van der Waals surface area contributed by atoms with Crippen LogP contribution in [0.5, 0.6) is 0 Å². The van der Waals surface area contributed by atoms with E-state index in [-0.39, 0.29) is 11.1 Å². The van der Waals surface area contributed by atoms with Crippen molar-refractivity contribution in [3.8, 4) is 0 Å². The molecule has 0 rings (SSSR count). The Labute approximate surface area is 193 Å². The molecule has 0 unspecified atom stereocenters. The number of nitrogens with zero attached hydrogens (tertiary/aromatic N) is 1. The van der Waals surface area contributed by atoms with E-state index in [0.29, 0.717) is 10.8 Å². The fraction of sp³-hybridized carbons (Fsp3) is 1.00. The standard InChI is InChI=1S/C29H61N/c1-12-13-14-15-16-17-18-19-20-21-22-23-30(28(8,9)24-26(2,3)4)29(10,11)25-27(5,6)7/h12-25H2,1-11H3. The Kier molecular flexibility index (Phi) is 13.5. The summed E-state index contributed by atoms with van der Waals surface area (Å²) in [5.74, 6) is 0. The summed E-state index contributed by atoms with van der Waals surface area (Å²) >= 11 is 0. The predicted molar refractivity (Wildman–Crippen MR) is 139 cm³/mol. The lowest BCUT2D eigenvalue weighted by molar-refractivity contribution is -0.0266. The fourth-order valence-electron chi connectivity index (χ4n) is 6.15. The summed E-state index contributed by atoms with van der Waals surface area (Å²) in [5.41, 5.74) is 1.17. The van der Waals surface area contributed by atoms with Crippen LogP contribution in [0, 0.1) is 10.8 Å². The van der Waals surface area contributed by atoms with E-state index >= 15 is 0 Å². The molecule has 0 spiro atoms. The van der Waals surface area contributed by atoms with Crippen molar-refractivity contribution in [3.05, 3.63) is 0 Å². The minimum absolute atomic E-state index is 0.228. The van der Waals surface area contributed by atoms with Crippen LogP contribution in [-0.2, 0) is 0 Å². The zero-order valence-corrected chi connectivity index (χ0v) is 23.3. The Balaban J connectivity index is 4.60. The van der Waals surface area contributed by atoms with Crippen molar-refractivity contribution in [2.24, 2.45) is 10.8 Å². The highest BCUT2D eigenvalue weighted by molar-refractivity contribution is 4.96. The fourth-order valence-corrected chi connectivity index (χ4v) is 6.15. The van der Waals surface area contributed by atoms with Gasteiger partial charge in [-0.1, -0.05) is 113 Å². The number of hydrogen-bond acceptors (Lipinski definition) is 1. The van der Waals surface area contributed by atoms with E-state index in [1.165, 1.54) is 90.0 Å². The molecule has 1 heteroatoms. The van der Waals surface area contributed by atoms with Crippen molar-refractivity contribution in [1.82, 2.24) is 4.90 Å². The maximum absolute atomic E-state index is 2.87. The summed E-state index contributed by atoms with van der Waals surface area (Å²) in [6.07, 6.45) is 18.1. The molecule has 0 heterocycles. The van der Waals surface area contributed by atoms with Crippen LogP contribution in [0.15, 0.2) is 0 Å². The second-order valence-corrected chi connectivity index (χ2v) is 13.8. The van der Waals surface area contributed by atoms with Gasteiger partial charge in [-0.25, -0.2) is 0 Å². The molecule has 0 radical (unpaired) electrons. The van der Waals surface area contributed by atoms with E-state index in [1.54, 1.807) is 0 Å². The van der Waals surface area contributed by atoms with Crippen LogP contribution in [0.4, 0.5) is 0 Å². The molecule has 0 aliphatic heterocycles. The van der Waals surface area contributed by atoms with Gasteiger partial charge < -0.3 is 0 Å². The number of unbranched alkanes of at least 4 members (excludes halogenated alkanes) is 10. The first-order chi connectivity index (χ1) is 13.6. The molecule has 0 bridgehead atoms. The molecule has 0 amide bonds. The van der Waals surface area contributed by atoms with Crippen LogP contribution in [0.2, 0.25) is 0 Å². The zero-order chi connectivity index (χ0) is 23.5. The van der Waals surface area contributed by atoms with E-state index in [1.807, 2.05) is 0 Å². The topological polar surface area (TPSA) is 3.24 Å². The highest BCUT2D eigenvalue weighted by atomic mass is 15.2. The Bertz CT molecular complexity index is 391. The molecule has 0 aromatic carbocycles. The lowest BCUT2D eigenvalue weighted by atomic mass is 9.75. The van der Waals surface area contributed by atoms with Gasteiger partial charge in [0, 0.05) is 11.1 Å². The van der Waals surface area contributed by atoms with Crippen LogP contribution in [-0.4, -0.2) is 22.5 Å². The lowest BCUT2D eigenvalue weighted by Crippen LogP contribution is -2.58. The molecular weight excluding hydrogens is 362 g/mol. The first kappa shape index (κ1) is 30.0. The smallest absolute Gasteiger partial charge is 0.0163 e. The first-order valence-electron chi connectivity index (χ1n) is 13.4. The van der Waals surface area contributed by atoms with Gasteiger partial charge in [-0.15, -0.1) is 0 Å². The molecule has 1 nitrogen and oxygen atoms in total. The highest BCUT2D eigenvalue weighted by Gasteiger charge is 2.41. The molecule has 0 fully saturated rings. The monoisotopic (exact) mass is 423 g/mol. The summed E-state index contributed by atoms with van der Waals surface area (Å²) in [4.78, 5) is 2.87. The summed E-state index contributed by atoms with van der Waals surface area (Å²) in [6, 6.07) is 0. The molecule has 182 valence electrons. The van der Waals surface area contributed by atoms with Gasteiger partial charge in [0.1, 0.15) is 0 Å². The highest BCUT2D eigenvalue weighted by Crippen LogP contribution is 2.40. The second kappa shape index (κ2) is 13.5. The van der Waals surface area contributed by atoms with E-state index in [9.17, 15) is 0 Å². The van der Waals surface area contributed by atoms with Crippen molar-refractivity contribution in [2.45, 2.75) is 171 Å². The van der Waals surface area contributed by atoms with Gasteiger partial charge in [0.25, 0.3) is 0 Å². The third-order valence-electron chi connectivity index (χ3n) is 6.37. The molecule has 0 aliphatic rings. The largest absolute Gasteiger partial charge is 0.293 e. The molecular formula is C29H61N. The van der Waals surface area contributed by atoms with Gasteiger partial charge >= 0.3 is 0 Å². The van der Waals surface area contributed by atoms with Crippen molar-refractivity contribution < 1.29 is 0 Å². The average Bonchev–Trinajstić information content (AvgIpc) is 2.50. The van der Waals surface area contributed by atoms with Crippen LogP contribution in [0.1, 0.15) is 160 Å². The van der Waals surface area contributed by atoms with E-state index < -0.39 is 0 Å². The third kappa shape index (κ3) is 14.9. The summed E-state index contributed by atoms with van der Waals surface area (Å²) in [6.45, 7) is 27.9. The molecule has 0 atom stereocenters. The van der Waals surface area contributed by atoms with Gasteiger partial charge in [0.15, 0.2) is 0 Å². The maximum atomic E-state index is 2.87. The van der Waals surface area contributed by atoms with Gasteiger partial charge in [0.2, 0.25) is 0 Å². The Morgan fingerprint density at radius 2 is 0.733 bits per heavy atom. The van der Waals surface area contributed by atoms with Gasteiger partial charge in [0.05, 0.1) is 0 Å². The Morgan fingerprint density at radius 3 is 1.03 bits per heavy atom. The maximum Gasteiger partial charge on any atom is 0.0163 e. The lowest BCUT2D eigenvalue weighted by Gasteiger charge is -2.52. The number of rotatable bonds is 16. The van der Waals surface area contributed by atoms with Crippen LogP contribution in [0.3, 0.4) is 0 Å². The zero-order valence-electron chi connectivity index (χ0n) is 23.3. The summed E-state index contributed by atoms with van der Waals surface area (Å²) < 4.78 is 0. The quantitative estimate of drug-likeness (QED) is 0.223. The van der Waals surface area contributed by atoms with Crippen LogP contribution < -0.4 is 0 Å². The van der Waals surface area contributed by atoms with Crippen molar-refractivity contribution >= 4 is 0 Å². The molecule has 30 heavy (non-hydrogen) atoms. The van der Waals surface area contributed by atoms with E-state index in [2.05, 4.69) is 81.1 Å². The van der Waals surface area contributed by atoms with Crippen molar-refractivity contribution in [1.29, 1.82) is 0 Å². The second-order valence-electron chi connectivity index (χ2n) is 13.8. The molecule has 0 aromatic heterocycles. The number of hydrogen-bond donors (Lipinski definition) is 0. The van der Waals surface area contributed by atoms with E-state index in [0.717, 1.165) is 0 Å². The molecule has 0 aliphatic carbocycles. The minimum Gasteiger partial charge on any atom is -0.293 e. The summed E-state index contributed by atoms with van der Waals surface area (Å²) in [5, 5.41) is 0. The summed E-state index contributed by atoms with van der Waals surface area (Å²) in [7, 11) is 0. The van der Waals surface area contributed by atoms with Crippen LogP contribution >= 0.6 is 0 Å². The molecule has 0 saturated carbocycles. The predicted octanol–water partition coefficient (Wildman–Crippen LogP) is 10.0. The normalized spacial score (nSPS) is 14.0. The van der Waals surface area contributed by atoms with Gasteiger partial charge in [-0.05, 0) is 64.3 Å². The van der Waals surface area contributed by atoms with E-state index in [4.69, 9.17) is 0 Å². The SMILES string of the molecule is CCCCCCCCCCCCCN(C(C)(C)CC(C)(C)C)C(C)(C)CC(C)(C)C. The van der Waals surface area contributed by atoms with Gasteiger partial charge in [-0.3, -0.25) is 4.90 Å². The molecule has 0 N–H and O–H groups in total. The first-order valence-corrected chi connectivity index (χ1v) is 13.4. The molecule has 0 aromatic rings. The van der Waals surface area contributed by atoms with Crippen LogP contribution in [0.25, 0.3) is 0 Å².